The molecule has 0 saturated heterocycles. The number of carbonyl (C=O) groups excluding carboxylic acids is 1. The number of para-hydroxylation sites is 1. The van der Waals surface area contributed by atoms with Crippen LogP contribution in [0.4, 0.5) is 0 Å². The van der Waals surface area contributed by atoms with Crippen molar-refractivity contribution >= 4 is 5.91 Å². The van der Waals surface area contributed by atoms with Gasteiger partial charge in [-0.1, -0.05) is 35.5 Å². The summed E-state index contributed by atoms with van der Waals surface area (Å²) in [5, 5.41) is 6.68. The molecular formula is C20H19N3O4. The van der Waals surface area contributed by atoms with Crippen molar-refractivity contribution in [2.45, 2.75) is 0 Å². The van der Waals surface area contributed by atoms with Crippen LogP contribution in [0.5, 0.6) is 11.5 Å². The Morgan fingerprint density at radius 3 is 2.93 bits per heavy atom. The maximum atomic E-state index is 11.6. The summed E-state index contributed by atoms with van der Waals surface area (Å²) >= 11 is 0. The van der Waals surface area contributed by atoms with Crippen molar-refractivity contribution < 1.29 is 18.8 Å². The highest BCUT2D eigenvalue weighted by atomic mass is 16.5. The van der Waals surface area contributed by atoms with Crippen molar-refractivity contribution in [2.24, 2.45) is 0 Å². The van der Waals surface area contributed by atoms with Gasteiger partial charge in [0.1, 0.15) is 11.5 Å². The Morgan fingerprint density at radius 1 is 1.26 bits per heavy atom. The predicted molar refractivity (Wildman–Crippen MR) is 100 cm³/mol. The number of nitrogens with one attached hydrogen (secondary N) is 1. The number of ether oxygens (including phenoxy) is 2. The first kappa shape index (κ1) is 18.2. The van der Waals surface area contributed by atoms with Crippen LogP contribution in [-0.2, 0) is 4.79 Å². The van der Waals surface area contributed by atoms with Crippen molar-refractivity contribution in [1.29, 1.82) is 0 Å². The largest absolute Gasteiger partial charge is 0.496 e. The summed E-state index contributed by atoms with van der Waals surface area (Å²) in [7, 11) is 1.59. The van der Waals surface area contributed by atoms with Gasteiger partial charge in [-0.15, -0.1) is 6.58 Å². The molecule has 0 aliphatic carbocycles. The second-order valence-corrected chi connectivity index (χ2v) is 5.53. The Labute approximate surface area is 156 Å². The first-order valence-electron chi connectivity index (χ1n) is 8.29. The number of hydrogen-bond acceptors (Lipinski definition) is 6. The molecule has 1 aromatic heterocycles. The van der Waals surface area contributed by atoms with Crippen molar-refractivity contribution in [3.05, 3.63) is 61.2 Å². The van der Waals surface area contributed by atoms with Gasteiger partial charge in [-0.25, -0.2) is 0 Å². The molecule has 3 rings (SSSR count). The molecule has 27 heavy (non-hydrogen) atoms. The third-order valence-corrected chi connectivity index (χ3v) is 3.67. The van der Waals surface area contributed by atoms with Gasteiger partial charge in [0, 0.05) is 12.1 Å². The quantitative estimate of drug-likeness (QED) is 0.617. The molecule has 0 saturated carbocycles. The molecule has 7 heteroatoms. The van der Waals surface area contributed by atoms with Gasteiger partial charge in [-0.2, -0.15) is 4.98 Å². The standard InChI is InChI=1S/C20H19N3O4/c1-3-11-21-18(24)13-26-15-8-6-7-14(12-15)19-22-20(27-23-19)16-9-4-5-10-17(16)25-2/h3-10,12H,1,11,13H2,2H3,(H,21,24). The summed E-state index contributed by atoms with van der Waals surface area (Å²) < 4.78 is 16.2. The van der Waals surface area contributed by atoms with Gasteiger partial charge in [0.25, 0.3) is 11.8 Å². The highest BCUT2D eigenvalue weighted by molar-refractivity contribution is 5.77. The van der Waals surface area contributed by atoms with Gasteiger partial charge in [-0.05, 0) is 24.3 Å². The maximum Gasteiger partial charge on any atom is 0.262 e. The lowest BCUT2D eigenvalue weighted by Crippen LogP contribution is -2.28. The van der Waals surface area contributed by atoms with Crippen molar-refractivity contribution in [3.63, 3.8) is 0 Å². The normalized spacial score (nSPS) is 10.3. The lowest BCUT2D eigenvalue weighted by molar-refractivity contribution is -0.122. The van der Waals surface area contributed by atoms with Gasteiger partial charge >= 0.3 is 0 Å². The predicted octanol–water partition coefficient (Wildman–Crippen LogP) is 3.09. The molecule has 0 atom stereocenters. The number of nitrogens with zero attached hydrogens (tertiary/aromatic N) is 2. The van der Waals surface area contributed by atoms with E-state index in [2.05, 4.69) is 22.0 Å². The number of amides is 1. The molecule has 0 radical (unpaired) electrons. The second kappa shape index (κ2) is 8.66. The summed E-state index contributed by atoms with van der Waals surface area (Å²) in [6, 6.07) is 14.5. The summed E-state index contributed by atoms with van der Waals surface area (Å²) in [6.45, 7) is 3.86. The molecule has 0 spiro atoms. The van der Waals surface area contributed by atoms with Crippen LogP contribution in [-0.4, -0.2) is 36.3 Å². The molecule has 1 N–H and O–H groups in total. The number of benzene rings is 2. The first-order chi connectivity index (χ1) is 13.2. The molecule has 0 fully saturated rings. The van der Waals surface area contributed by atoms with E-state index in [9.17, 15) is 4.79 Å². The van der Waals surface area contributed by atoms with Crippen LogP contribution in [0.3, 0.4) is 0 Å². The summed E-state index contributed by atoms with van der Waals surface area (Å²) in [5.41, 5.74) is 1.42. The zero-order valence-electron chi connectivity index (χ0n) is 14.8. The van der Waals surface area contributed by atoms with Crippen LogP contribution in [0.15, 0.2) is 65.7 Å². The van der Waals surface area contributed by atoms with E-state index in [1.165, 1.54) is 0 Å². The van der Waals surface area contributed by atoms with Gasteiger partial charge < -0.3 is 19.3 Å². The molecular weight excluding hydrogens is 346 g/mol. The van der Waals surface area contributed by atoms with Gasteiger partial charge in [0.05, 0.1) is 12.7 Å². The number of hydrogen-bond donors (Lipinski definition) is 1. The van der Waals surface area contributed by atoms with Crippen molar-refractivity contribution in [1.82, 2.24) is 15.5 Å². The molecule has 2 aromatic carbocycles. The Morgan fingerprint density at radius 2 is 2.11 bits per heavy atom. The number of carbonyl (C=O) groups is 1. The number of aromatic nitrogens is 2. The van der Waals surface area contributed by atoms with Gasteiger partial charge in [-0.3, -0.25) is 4.79 Å². The van der Waals surface area contributed by atoms with E-state index >= 15 is 0 Å². The van der Waals surface area contributed by atoms with Crippen LogP contribution in [0.1, 0.15) is 0 Å². The number of methoxy groups -OCH3 is 1. The Bertz CT molecular complexity index is 936. The molecule has 3 aromatic rings. The molecule has 7 nitrogen and oxygen atoms in total. The molecule has 0 aliphatic heterocycles. The van der Waals surface area contributed by atoms with E-state index in [-0.39, 0.29) is 12.5 Å². The van der Waals surface area contributed by atoms with E-state index in [0.29, 0.717) is 40.9 Å². The second-order valence-electron chi connectivity index (χ2n) is 5.53. The minimum atomic E-state index is -0.224. The Balaban J connectivity index is 1.75. The maximum absolute atomic E-state index is 11.6. The zero-order chi connectivity index (χ0) is 19.1. The summed E-state index contributed by atoms with van der Waals surface area (Å²) in [4.78, 5) is 16.0. The third kappa shape index (κ3) is 4.52. The van der Waals surface area contributed by atoms with Crippen molar-refractivity contribution in [3.8, 4) is 34.3 Å². The molecule has 0 unspecified atom stereocenters. The van der Waals surface area contributed by atoms with Crippen molar-refractivity contribution in [2.75, 3.05) is 20.3 Å². The van der Waals surface area contributed by atoms with E-state index < -0.39 is 0 Å². The minimum absolute atomic E-state index is 0.0873. The SMILES string of the molecule is C=CCNC(=O)COc1cccc(-c2noc(-c3ccccc3OC)n2)c1. The van der Waals surface area contributed by atoms with Crippen LogP contribution < -0.4 is 14.8 Å². The van der Waals surface area contributed by atoms with E-state index in [1.54, 1.807) is 31.4 Å². The van der Waals surface area contributed by atoms with Gasteiger partial charge in [0.15, 0.2) is 6.61 Å². The zero-order valence-corrected chi connectivity index (χ0v) is 14.8. The Kier molecular flexibility index (Phi) is 5.84. The van der Waals surface area contributed by atoms with Crippen LogP contribution in [0.2, 0.25) is 0 Å². The van der Waals surface area contributed by atoms with E-state index in [4.69, 9.17) is 14.0 Å². The fourth-order valence-corrected chi connectivity index (χ4v) is 2.38. The smallest absolute Gasteiger partial charge is 0.262 e. The molecule has 1 heterocycles. The molecule has 138 valence electrons. The third-order valence-electron chi connectivity index (χ3n) is 3.67. The number of rotatable bonds is 8. The Hall–Kier alpha value is -3.61. The first-order valence-corrected chi connectivity index (χ1v) is 8.29. The molecule has 0 aliphatic rings. The highest BCUT2D eigenvalue weighted by Gasteiger charge is 2.14. The van der Waals surface area contributed by atoms with E-state index in [0.717, 1.165) is 0 Å². The van der Waals surface area contributed by atoms with E-state index in [1.807, 2.05) is 30.3 Å². The summed E-state index contributed by atoms with van der Waals surface area (Å²) in [5.74, 6) is 1.73. The fourth-order valence-electron chi connectivity index (χ4n) is 2.38. The average Bonchev–Trinajstić information content (AvgIpc) is 3.21. The molecule has 1 amide bonds. The minimum Gasteiger partial charge on any atom is -0.496 e. The van der Waals surface area contributed by atoms with Crippen LogP contribution >= 0.6 is 0 Å². The lowest BCUT2D eigenvalue weighted by atomic mass is 10.2. The van der Waals surface area contributed by atoms with Crippen LogP contribution in [0, 0.1) is 0 Å². The molecule has 0 bridgehead atoms. The summed E-state index contributed by atoms with van der Waals surface area (Å²) in [6.07, 6.45) is 1.61. The monoisotopic (exact) mass is 365 g/mol. The fraction of sp³-hybridized carbons (Fsp3) is 0.150. The topological polar surface area (TPSA) is 86.5 Å². The lowest BCUT2D eigenvalue weighted by Gasteiger charge is -2.06. The van der Waals surface area contributed by atoms with Crippen LogP contribution in [0.25, 0.3) is 22.8 Å². The highest BCUT2D eigenvalue weighted by Crippen LogP contribution is 2.30. The van der Waals surface area contributed by atoms with Gasteiger partial charge in [0.2, 0.25) is 5.82 Å². The average molecular weight is 365 g/mol.